The molecule has 0 aliphatic carbocycles. The van der Waals surface area contributed by atoms with Gasteiger partial charge in [0.25, 0.3) is 0 Å². The number of hydrogen-bond donors (Lipinski definition) is 2. The lowest BCUT2D eigenvalue weighted by molar-refractivity contribution is -0.116. The number of halogens is 1. The molecule has 4 rings (SSSR count). The predicted octanol–water partition coefficient (Wildman–Crippen LogP) is 5.00. The number of nitrogens with two attached hydrogens (primary N) is 1. The van der Waals surface area contributed by atoms with E-state index in [-0.39, 0.29) is 17.8 Å². The van der Waals surface area contributed by atoms with Gasteiger partial charge in [0.15, 0.2) is 5.78 Å². The Morgan fingerprint density at radius 3 is 2.76 bits per heavy atom. The summed E-state index contributed by atoms with van der Waals surface area (Å²) in [6.45, 7) is 5.94. The second-order valence-corrected chi connectivity index (χ2v) is 9.48. The molecule has 0 saturated heterocycles. The predicted molar refractivity (Wildman–Crippen MR) is 133 cm³/mol. The fraction of sp³-hybridized carbons (Fsp3) is 0.240. The van der Waals surface area contributed by atoms with Gasteiger partial charge in [-0.15, -0.1) is 11.3 Å². The van der Waals surface area contributed by atoms with Crippen LogP contribution in [0.3, 0.4) is 0 Å². The largest absolute Gasteiger partial charge is 0.486 e. The van der Waals surface area contributed by atoms with Gasteiger partial charge in [0.05, 0.1) is 16.4 Å². The van der Waals surface area contributed by atoms with Crippen LogP contribution in [0.1, 0.15) is 38.8 Å². The average Bonchev–Trinajstić information content (AvgIpc) is 3.33. The summed E-state index contributed by atoms with van der Waals surface area (Å²) in [6.07, 6.45) is 5.16. The van der Waals surface area contributed by atoms with Crippen molar-refractivity contribution < 1.29 is 14.3 Å². The first-order valence-electron chi connectivity index (χ1n) is 10.5. The van der Waals surface area contributed by atoms with Gasteiger partial charge in [-0.2, -0.15) is 0 Å². The maximum absolute atomic E-state index is 12.2. The molecule has 0 bridgehead atoms. The van der Waals surface area contributed by atoms with E-state index in [4.69, 9.17) is 22.1 Å². The number of nitrogens with zero attached hydrogens (tertiary/aromatic N) is 1. The highest BCUT2D eigenvalue weighted by atomic mass is 35.5. The SMILES string of the molecule is CC(=O)c1sc(-c2cc(Cl)c3c(c2)CC(CNC(=O)C=Cc2ccc(N)nc2)O3)c(C)c1C. The molecule has 0 radical (unpaired) electrons. The number of rotatable bonds is 6. The lowest BCUT2D eigenvalue weighted by atomic mass is 10.0. The molecule has 0 spiro atoms. The van der Waals surface area contributed by atoms with E-state index in [0.29, 0.717) is 29.6 Å². The molecule has 0 fully saturated rings. The third kappa shape index (κ3) is 4.94. The second kappa shape index (κ2) is 9.37. The Morgan fingerprint density at radius 1 is 1.30 bits per heavy atom. The number of nitrogens with one attached hydrogen (secondary N) is 1. The van der Waals surface area contributed by atoms with E-state index in [9.17, 15) is 9.59 Å². The molecule has 1 amide bonds. The van der Waals surface area contributed by atoms with Crippen molar-refractivity contribution in [2.75, 3.05) is 12.3 Å². The van der Waals surface area contributed by atoms with Crippen LogP contribution in [0.5, 0.6) is 5.75 Å². The molecule has 8 heteroatoms. The van der Waals surface area contributed by atoms with Crippen molar-refractivity contribution in [3.63, 3.8) is 0 Å². The number of thiophene rings is 1. The van der Waals surface area contributed by atoms with Crippen LogP contribution in [0, 0.1) is 13.8 Å². The molecular weight excluding hydrogens is 458 g/mol. The molecule has 33 heavy (non-hydrogen) atoms. The Morgan fingerprint density at radius 2 is 2.09 bits per heavy atom. The molecule has 1 unspecified atom stereocenters. The number of amides is 1. The third-order valence-corrected chi connectivity index (χ3v) is 7.45. The minimum atomic E-state index is -0.223. The third-order valence-electron chi connectivity index (χ3n) is 5.62. The molecule has 170 valence electrons. The molecule has 2 aromatic heterocycles. The number of hydrogen-bond acceptors (Lipinski definition) is 6. The van der Waals surface area contributed by atoms with Crippen LogP contribution >= 0.6 is 22.9 Å². The standard InChI is InChI=1S/C25H24ClN3O3S/c1-13-14(2)25(33-24(13)15(3)30)18-8-17-9-19(32-23(17)20(26)10-18)12-29-22(31)7-5-16-4-6-21(27)28-11-16/h4-8,10-11,19H,9,12H2,1-3H3,(H2,27,28)(H,29,31). The van der Waals surface area contributed by atoms with Gasteiger partial charge in [-0.3, -0.25) is 9.59 Å². The zero-order valence-corrected chi connectivity index (χ0v) is 20.1. The summed E-state index contributed by atoms with van der Waals surface area (Å²) in [5.74, 6) is 0.931. The zero-order chi connectivity index (χ0) is 23.7. The second-order valence-electron chi connectivity index (χ2n) is 8.05. The Kier molecular flexibility index (Phi) is 6.54. The zero-order valence-electron chi connectivity index (χ0n) is 18.6. The number of carbonyl (C=O) groups excluding carboxylic acids is 2. The van der Waals surface area contributed by atoms with E-state index in [1.807, 2.05) is 19.9 Å². The fourth-order valence-corrected chi connectivity index (χ4v) is 5.28. The summed E-state index contributed by atoms with van der Waals surface area (Å²) in [5, 5.41) is 3.39. The van der Waals surface area contributed by atoms with E-state index in [1.165, 1.54) is 17.4 Å². The number of aromatic nitrogens is 1. The summed E-state index contributed by atoms with van der Waals surface area (Å²) < 4.78 is 6.01. The Hall–Kier alpha value is -3.16. The molecule has 3 aromatic rings. The summed E-state index contributed by atoms with van der Waals surface area (Å²) in [6, 6.07) is 7.42. The van der Waals surface area contributed by atoms with Gasteiger partial charge in [-0.1, -0.05) is 11.6 Å². The highest BCUT2D eigenvalue weighted by Crippen LogP contribution is 2.43. The van der Waals surface area contributed by atoms with Crippen LogP contribution < -0.4 is 15.8 Å². The quantitative estimate of drug-likeness (QED) is 0.381. The fourth-order valence-electron chi connectivity index (χ4n) is 3.80. The average molecular weight is 482 g/mol. The van der Waals surface area contributed by atoms with Gasteiger partial charge in [-0.05, 0) is 73.4 Å². The Balaban J connectivity index is 1.43. The minimum absolute atomic E-state index is 0.0694. The number of ketones is 1. The van der Waals surface area contributed by atoms with Gasteiger partial charge < -0.3 is 15.8 Å². The van der Waals surface area contributed by atoms with Crippen molar-refractivity contribution in [3.05, 3.63) is 68.7 Å². The maximum Gasteiger partial charge on any atom is 0.244 e. The highest BCUT2D eigenvalue weighted by molar-refractivity contribution is 7.17. The molecule has 1 aromatic carbocycles. The molecular formula is C25H24ClN3O3S. The van der Waals surface area contributed by atoms with Gasteiger partial charge in [0.2, 0.25) is 5.91 Å². The monoisotopic (exact) mass is 481 g/mol. The number of carbonyl (C=O) groups is 2. The van der Waals surface area contributed by atoms with Crippen LogP contribution in [0.15, 0.2) is 36.5 Å². The number of anilines is 1. The van der Waals surface area contributed by atoms with Crippen molar-refractivity contribution in [1.29, 1.82) is 0 Å². The first kappa shape index (κ1) is 23.0. The molecule has 3 N–H and O–H groups in total. The van der Waals surface area contributed by atoms with Gasteiger partial charge in [0.1, 0.15) is 17.7 Å². The number of pyridine rings is 1. The van der Waals surface area contributed by atoms with Crippen molar-refractivity contribution >= 4 is 46.5 Å². The van der Waals surface area contributed by atoms with Crippen LogP contribution in [-0.4, -0.2) is 29.3 Å². The van der Waals surface area contributed by atoms with Crippen LogP contribution in [0.4, 0.5) is 5.82 Å². The minimum Gasteiger partial charge on any atom is -0.486 e. The number of nitrogen functional groups attached to an aromatic ring is 1. The topological polar surface area (TPSA) is 94.3 Å². The number of fused-ring (bicyclic) bond motifs is 1. The highest BCUT2D eigenvalue weighted by Gasteiger charge is 2.27. The lowest BCUT2D eigenvalue weighted by Gasteiger charge is -2.11. The summed E-state index contributed by atoms with van der Waals surface area (Å²) in [4.78, 5) is 30.0. The van der Waals surface area contributed by atoms with Gasteiger partial charge in [0, 0.05) is 29.1 Å². The van der Waals surface area contributed by atoms with Gasteiger partial charge >= 0.3 is 0 Å². The smallest absolute Gasteiger partial charge is 0.244 e. The van der Waals surface area contributed by atoms with Crippen LogP contribution in [0.2, 0.25) is 5.02 Å². The maximum atomic E-state index is 12.2. The molecule has 3 heterocycles. The van der Waals surface area contributed by atoms with Crippen molar-refractivity contribution in [3.8, 4) is 16.2 Å². The molecule has 1 aliphatic heterocycles. The van der Waals surface area contributed by atoms with E-state index in [1.54, 1.807) is 31.3 Å². The number of benzene rings is 1. The normalized spacial score (nSPS) is 14.8. The van der Waals surface area contributed by atoms with E-state index < -0.39 is 0 Å². The van der Waals surface area contributed by atoms with Crippen molar-refractivity contribution in [2.45, 2.75) is 33.3 Å². The first-order chi connectivity index (χ1) is 15.7. The Labute approximate surface area is 201 Å². The van der Waals surface area contributed by atoms with E-state index in [0.717, 1.165) is 37.6 Å². The van der Waals surface area contributed by atoms with E-state index in [2.05, 4.69) is 16.4 Å². The summed E-state index contributed by atoms with van der Waals surface area (Å²) in [7, 11) is 0. The summed E-state index contributed by atoms with van der Waals surface area (Å²) in [5.41, 5.74) is 10.4. The van der Waals surface area contributed by atoms with Crippen LogP contribution in [-0.2, 0) is 11.2 Å². The van der Waals surface area contributed by atoms with Crippen molar-refractivity contribution in [2.24, 2.45) is 0 Å². The first-order valence-corrected chi connectivity index (χ1v) is 11.7. The molecule has 6 nitrogen and oxygen atoms in total. The van der Waals surface area contributed by atoms with Crippen LogP contribution in [0.25, 0.3) is 16.5 Å². The lowest BCUT2D eigenvalue weighted by Crippen LogP contribution is -2.33. The molecule has 0 saturated carbocycles. The molecule has 1 aliphatic rings. The van der Waals surface area contributed by atoms with Gasteiger partial charge in [-0.25, -0.2) is 4.98 Å². The number of ether oxygens (including phenoxy) is 1. The molecule has 1 atom stereocenters. The van der Waals surface area contributed by atoms with Crippen molar-refractivity contribution in [1.82, 2.24) is 10.3 Å². The summed E-state index contributed by atoms with van der Waals surface area (Å²) >= 11 is 8.04. The Bertz CT molecular complexity index is 1260. The number of Topliss-reactive ketones (excluding diaryl/α,β-unsaturated/α-hetero) is 1. The van der Waals surface area contributed by atoms with E-state index >= 15 is 0 Å².